The molecule has 0 bridgehead atoms. The van der Waals surface area contributed by atoms with Gasteiger partial charge in [-0.2, -0.15) is 0 Å². The molecule has 1 heterocycles. The number of hydrogen-bond acceptors (Lipinski definition) is 4. The van der Waals surface area contributed by atoms with Gasteiger partial charge in [-0.15, -0.1) is 0 Å². The molecule has 0 radical (unpaired) electrons. The predicted octanol–water partition coefficient (Wildman–Crippen LogP) is 3.53. The van der Waals surface area contributed by atoms with E-state index >= 15 is 0 Å². The summed E-state index contributed by atoms with van der Waals surface area (Å²) in [6, 6.07) is 16.7. The first kappa shape index (κ1) is 25.2. The van der Waals surface area contributed by atoms with Crippen LogP contribution in [0.15, 0.2) is 54.6 Å². The number of benzene rings is 2. The van der Waals surface area contributed by atoms with Gasteiger partial charge in [-0.1, -0.05) is 61.0 Å². The van der Waals surface area contributed by atoms with E-state index in [0.717, 1.165) is 50.4 Å². The van der Waals surface area contributed by atoms with Crippen molar-refractivity contribution in [3.63, 3.8) is 0 Å². The van der Waals surface area contributed by atoms with Crippen molar-refractivity contribution < 1.29 is 14.3 Å². The van der Waals surface area contributed by atoms with Crippen molar-refractivity contribution >= 4 is 23.4 Å². The molecule has 2 aromatic carbocycles. The van der Waals surface area contributed by atoms with Crippen LogP contribution in [-0.2, 0) is 27.3 Å². The highest BCUT2D eigenvalue weighted by molar-refractivity contribution is 6.30. The summed E-state index contributed by atoms with van der Waals surface area (Å²) < 4.78 is 5.40. The minimum Gasteiger partial charge on any atom is -0.379 e. The van der Waals surface area contributed by atoms with E-state index in [2.05, 4.69) is 10.2 Å². The van der Waals surface area contributed by atoms with Crippen LogP contribution in [-0.4, -0.2) is 67.0 Å². The maximum Gasteiger partial charge on any atom is 0.243 e. The van der Waals surface area contributed by atoms with Crippen molar-refractivity contribution in [2.24, 2.45) is 0 Å². The molecule has 0 spiro atoms. The van der Waals surface area contributed by atoms with Crippen molar-refractivity contribution in [3.05, 3.63) is 70.7 Å². The van der Waals surface area contributed by atoms with Gasteiger partial charge in [-0.05, 0) is 29.7 Å². The van der Waals surface area contributed by atoms with Gasteiger partial charge in [0.2, 0.25) is 11.8 Å². The first-order valence-corrected chi connectivity index (χ1v) is 12.1. The third kappa shape index (κ3) is 8.14. The van der Waals surface area contributed by atoms with Crippen LogP contribution in [0.5, 0.6) is 0 Å². The maximum atomic E-state index is 13.4. The lowest BCUT2D eigenvalue weighted by molar-refractivity contribution is -0.141. The molecule has 6 nitrogen and oxygen atoms in total. The van der Waals surface area contributed by atoms with E-state index in [1.54, 1.807) is 4.90 Å². The van der Waals surface area contributed by atoms with Crippen LogP contribution >= 0.6 is 11.6 Å². The standard InChI is InChI=1S/C26H34ClN3O3/c1-2-6-25(31)30(20-22-9-11-23(27)12-10-22)24(19-21-7-4-3-5-8-21)26(32)28-13-14-29-15-17-33-18-16-29/h3-5,7-12,24H,2,6,13-20H2,1H3,(H,28,32). The molecular weight excluding hydrogens is 438 g/mol. The second-order valence-electron chi connectivity index (χ2n) is 8.35. The largest absolute Gasteiger partial charge is 0.379 e. The van der Waals surface area contributed by atoms with Crippen LogP contribution in [0.4, 0.5) is 0 Å². The Bertz CT molecular complexity index is 870. The van der Waals surface area contributed by atoms with Crippen LogP contribution in [0.25, 0.3) is 0 Å². The number of amides is 2. The van der Waals surface area contributed by atoms with Crippen molar-refractivity contribution in [2.75, 3.05) is 39.4 Å². The minimum atomic E-state index is -0.591. The van der Waals surface area contributed by atoms with E-state index in [1.165, 1.54) is 0 Å². The normalized spacial score (nSPS) is 15.1. The number of nitrogens with zero attached hydrogens (tertiary/aromatic N) is 2. The smallest absolute Gasteiger partial charge is 0.243 e. The van der Waals surface area contributed by atoms with E-state index in [4.69, 9.17) is 16.3 Å². The number of nitrogens with one attached hydrogen (secondary N) is 1. The summed E-state index contributed by atoms with van der Waals surface area (Å²) >= 11 is 6.05. The second kappa shape index (κ2) is 13.3. The molecule has 7 heteroatoms. The van der Waals surface area contributed by atoms with Gasteiger partial charge in [0.1, 0.15) is 6.04 Å². The lowest BCUT2D eigenvalue weighted by Gasteiger charge is -2.32. The summed E-state index contributed by atoms with van der Waals surface area (Å²) in [5.41, 5.74) is 1.97. The topological polar surface area (TPSA) is 61.9 Å². The Morgan fingerprint density at radius 3 is 2.42 bits per heavy atom. The van der Waals surface area contributed by atoms with Crippen molar-refractivity contribution in [3.8, 4) is 0 Å². The third-order valence-corrected chi connectivity index (χ3v) is 6.08. The molecule has 3 rings (SSSR count). The number of halogens is 1. The third-order valence-electron chi connectivity index (χ3n) is 5.83. The van der Waals surface area contributed by atoms with Crippen LogP contribution < -0.4 is 5.32 Å². The monoisotopic (exact) mass is 471 g/mol. The Morgan fingerprint density at radius 2 is 1.76 bits per heavy atom. The molecule has 1 aliphatic rings. The molecule has 0 aromatic heterocycles. The van der Waals surface area contributed by atoms with Crippen LogP contribution in [0.3, 0.4) is 0 Å². The molecule has 2 amide bonds. The number of rotatable bonds is 11. The maximum absolute atomic E-state index is 13.4. The van der Waals surface area contributed by atoms with Gasteiger partial charge < -0.3 is 15.0 Å². The van der Waals surface area contributed by atoms with E-state index in [9.17, 15) is 9.59 Å². The quantitative estimate of drug-likeness (QED) is 0.544. The average Bonchev–Trinajstić information content (AvgIpc) is 2.84. The lowest BCUT2D eigenvalue weighted by atomic mass is 10.0. The van der Waals surface area contributed by atoms with Gasteiger partial charge >= 0.3 is 0 Å². The van der Waals surface area contributed by atoms with Gasteiger partial charge in [0.15, 0.2) is 0 Å². The Hall–Kier alpha value is -2.41. The van der Waals surface area contributed by atoms with Crippen LogP contribution in [0.2, 0.25) is 5.02 Å². The van der Waals surface area contributed by atoms with E-state index in [1.807, 2.05) is 61.5 Å². The first-order valence-electron chi connectivity index (χ1n) is 11.7. The molecule has 1 saturated heterocycles. The molecule has 0 aliphatic carbocycles. The Labute approximate surface area is 201 Å². The summed E-state index contributed by atoms with van der Waals surface area (Å²) in [5.74, 6) is -0.137. The molecular formula is C26H34ClN3O3. The number of hydrogen-bond donors (Lipinski definition) is 1. The first-order chi connectivity index (χ1) is 16.1. The van der Waals surface area contributed by atoms with E-state index in [-0.39, 0.29) is 11.8 Å². The van der Waals surface area contributed by atoms with Crippen molar-refractivity contribution in [1.29, 1.82) is 0 Å². The summed E-state index contributed by atoms with van der Waals surface area (Å²) in [4.78, 5) is 30.6. The molecule has 1 N–H and O–H groups in total. The number of carbonyl (C=O) groups excluding carboxylic acids is 2. The molecule has 2 aromatic rings. The molecule has 1 atom stereocenters. The second-order valence-corrected chi connectivity index (χ2v) is 8.79. The van der Waals surface area contributed by atoms with Crippen LogP contribution in [0.1, 0.15) is 30.9 Å². The summed E-state index contributed by atoms with van der Waals surface area (Å²) in [5, 5.41) is 3.73. The number of morpholine rings is 1. The van der Waals surface area contributed by atoms with Gasteiger partial charge in [0.25, 0.3) is 0 Å². The van der Waals surface area contributed by atoms with Crippen LogP contribution in [0, 0.1) is 0 Å². The molecule has 1 unspecified atom stereocenters. The van der Waals surface area contributed by atoms with Gasteiger partial charge in [0, 0.05) is 50.6 Å². The predicted molar refractivity (Wildman–Crippen MR) is 131 cm³/mol. The number of carbonyl (C=O) groups is 2. The summed E-state index contributed by atoms with van der Waals surface area (Å²) in [6.45, 7) is 6.86. The highest BCUT2D eigenvalue weighted by Gasteiger charge is 2.30. The van der Waals surface area contributed by atoms with Crippen molar-refractivity contribution in [1.82, 2.24) is 15.1 Å². The van der Waals surface area contributed by atoms with Gasteiger partial charge in [-0.3, -0.25) is 14.5 Å². The molecule has 33 heavy (non-hydrogen) atoms. The van der Waals surface area contributed by atoms with Gasteiger partial charge in [0.05, 0.1) is 13.2 Å². The highest BCUT2D eigenvalue weighted by Crippen LogP contribution is 2.18. The zero-order chi connectivity index (χ0) is 23.5. The van der Waals surface area contributed by atoms with Gasteiger partial charge in [-0.25, -0.2) is 0 Å². The molecule has 1 aliphatic heterocycles. The molecule has 0 saturated carbocycles. The van der Waals surface area contributed by atoms with E-state index in [0.29, 0.717) is 31.0 Å². The molecule has 178 valence electrons. The fourth-order valence-corrected chi connectivity index (χ4v) is 4.10. The van der Waals surface area contributed by atoms with Crippen molar-refractivity contribution in [2.45, 2.75) is 38.8 Å². The lowest BCUT2D eigenvalue weighted by Crippen LogP contribution is -2.51. The number of ether oxygens (including phenoxy) is 1. The Kier molecular flexibility index (Phi) is 10.2. The molecule has 1 fully saturated rings. The fraction of sp³-hybridized carbons (Fsp3) is 0.462. The SMILES string of the molecule is CCCC(=O)N(Cc1ccc(Cl)cc1)C(Cc1ccccc1)C(=O)NCCN1CCOCC1. The van der Waals surface area contributed by atoms with E-state index < -0.39 is 6.04 Å². The summed E-state index contributed by atoms with van der Waals surface area (Å²) in [7, 11) is 0. The fourth-order valence-electron chi connectivity index (χ4n) is 3.98. The highest BCUT2D eigenvalue weighted by atomic mass is 35.5. The zero-order valence-corrected chi connectivity index (χ0v) is 20.1. The Morgan fingerprint density at radius 1 is 1.06 bits per heavy atom. The Balaban J connectivity index is 1.77. The zero-order valence-electron chi connectivity index (χ0n) is 19.3. The summed E-state index contributed by atoms with van der Waals surface area (Å²) in [6.07, 6.45) is 1.60. The average molecular weight is 472 g/mol. The minimum absolute atomic E-state index is 0.0169.